The Morgan fingerprint density at radius 2 is 1.68 bits per heavy atom. The molecule has 0 aromatic heterocycles. The first-order valence-corrected chi connectivity index (χ1v) is 13.6. The maximum atomic E-state index is 13.4. The monoisotopic (exact) mass is 528 g/mol. The Labute approximate surface area is 223 Å². The van der Waals surface area contributed by atoms with E-state index in [0.29, 0.717) is 24.9 Å². The van der Waals surface area contributed by atoms with Crippen molar-refractivity contribution in [3.63, 3.8) is 0 Å². The molecule has 4 fully saturated rings. The third kappa shape index (κ3) is 4.80. The van der Waals surface area contributed by atoms with Crippen molar-refractivity contribution in [3.05, 3.63) is 35.9 Å². The summed E-state index contributed by atoms with van der Waals surface area (Å²) in [5.74, 6) is -1.79. The predicted octanol–water partition coefficient (Wildman–Crippen LogP) is 2.62. The van der Waals surface area contributed by atoms with Crippen LogP contribution in [0.15, 0.2) is 30.3 Å². The molecule has 3 amide bonds. The van der Waals surface area contributed by atoms with Crippen LogP contribution in [-0.2, 0) is 28.7 Å². The summed E-state index contributed by atoms with van der Waals surface area (Å²) in [6.45, 7) is 0.447. The van der Waals surface area contributed by atoms with Crippen molar-refractivity contribution >= 4 is 23.9 Å². The Morgan fingerprint density at radius 1 is 1.05 bits per heavy atom. The number of hydrogen-bond acceptors (Lipinski definition) is 7. The van der Waals surface area contributed by atoms with Crippen LogP contribution in [0.25, 0.3) is 0 Å². The van der Waals surface area contributed by atoms with E-state index < -0.39 is 17.4 Å². The molecule has 0 saturated carbocycles. The Balaban J connectivity index is 1.19. The summed E-state index contributed by atoms with van der Waals surface area (Å²) in [7, 11) is 5.83. The number of esters is 1. The molecular weight excluding hydrogens is 490 g/mol. The SMILES string of the molecule is CON1C(=O)CC2(CCN(C(=O)OCC(C(=O)OC3C[C@H]4CC[C@@H](C3)[N+]4(C)C)c3ccccc3)CC2)C1=O. The Hall–Kier alpha value is -2.98. The molecule has 5 rings (SSSR count). The summed E-state index contributed by atoms with van der Waals surface area (Å²) >= 11 is 0. The van der Waals surface area contributed by atoms with Gasteiger partial charge in [-0.1, -0.05) is 30.3 Å². The number of ether oxygens (including phenoxy) is 2. The van der Waals surface area contributed by atoms with E-state index in [-0.39, 0.29) is 50.0 Å². The van der Waals surface area contributed by atoms with Crippen LogP contribution in [0.5, 0.6) is 0 Å². The highest BCUT2D eigenvalue weighted by molar-refractivity contribution is 6.04. The van der Waals surface area contributed by atoms with E-state index in [1.54, 1.807) is 0 Å². The zero-order valence-corrected chi connectivity index (χ0v) is 22.5. The number of imide groups is 1. The van der Waals surface area contributed by atoms with Crippen LogP contribution >= 0.6 is 0 Å². The number of nitrogens with zero attached hydrogens (tertiary/aromatic N) is 3. The maximum absolute atomic E-state index is 13.4. The summed E-state index contributed by atoms with van der Waals surface area (Å²) in [4.78, 5) is 57.6. The molecule has 1 aromatic rings. The van der Waals surface area contributed by atoms with Gasteiger partial charge >= 0.3 is 12.1 Å². The molecule has 4 aliphatic heterocycles. The lowest BCUT2D eigenvalue weighted by atomic mass is 9.77. The van der Waals surface area contributed by atoms with E-state index in [2.05, 4.69) is 14.1 Å². The number of likely N-dealkylation sites (tertiary alicyclic amines) is 1. The van der Waals surface area contributed by atoms with Crippen LogP contribution in [0.1, 0.15) is 56.4 Å². The third-order valence-corrected chi connectivity index (χ3v) is 9.44. The van der Waals surface area contributed by atoms with Gasteiger partial charge in [0.2, 0.25) is 0 Å². The number of carbonyl (C=O) groups is 4. The van der Waals surface area contributed by atoms with Crippen molar-refractivity contribution in [2.75, 3.05) is 40.9 Å². The summed E-state index contributed by atoms with van der Waals surface area (Å²) in [5.41, 5.74) is -0.0834. The summed E-state index contributed by atoms with van der Waals surface area (Å²) in [6, 6.07) is 10.3. The molecule has 206 valence electrons. The zero-order chi connectivity index (χ0) is 27.1. The zero-order valence-electron chi connectivity index (χ0n) is 22.5. The van der Waals surface area contributed by atoms with E-state index in [0.717, 1.165) is 40.8 Å². The van der Waals surface area contributed by atoms with Gasteiger partial charge in [0, 0.05) is 45.2 Å². The number of hydrogen-bond donors (Lipinski definition) is 0. The van der Waals surface area contributed by atoms with Crippen molar-refractivity contribution in [2.45, 2.75) is 69.1 Å². The number of rotatable bonds is 6. The lowest BCUT2D eigenvalue weighted by Gasteiger charge is -2.44. The average Bonchev–Trinajstić information content (AvgIpc) is 3.17. The molecule has 2 unspecified atom stereocenters. The molecular formula is C28H38N3O7+. The van der Waals surface area contributed by atoms with Gasteiger partial charge in [-0.2, -0.15) is 5.06 Å². The number of fused-ring (bicyclic) bond motifs is 2. The minimum absolute atomic E-state index is 0.0867. The lowest BCUT2D eigenvalue weighted by molar-refractivity contribution is -0.931. The second-order valence-corrected chi connectivity index (χ2v) is 11.7. The standard InChI is InChI=1S/C28H38N3O7/c1-31(2)20-9-10-21(31)16-22(15-20)38-25(33)23(19-7-5-4-6-8-19)18-37-27(35)29-13-11-28(12-14-29)17-24(32)30(36-3)26(28)34/h4-8,20-23H,9-18H2,1-3H3/q+1/t20-,21+,22?,23?. The minimum atomic E-state index is -0.826. The van der Waals surface area contributed by atoms with Crippen molar-refractivity contribution in [1.29, 1.82) is 0 Å². The van der Waals surface area contributed by atoms with Crippen LogP contribution in [0.3, 0.4) is 0 Å². The fraction of sp³-hybridized carbons (Fsp3) is 0.643. The molecule has 2 bridgehead atoms. The quantitative estimate of drug-likeness (QED) is 0.318. The molecule has 4 saturated heterocycles. The number of quaternary nitrogens is 1. The molecule has 0 radical (unpaired) electrons. The minimum Gasteiger partial charge on any atom is -0.461 e. The molecule has 0 N–H and O–H groups in total. The van der Waals surface area contributed by atoms with Crippen LogP contribution in [-0.4, -0.2) is 97.4 Å². The Kier molecular flexibility index (Phi) is 7.21. The van der Waals surface area contributed by atoms with Crippen molar-refractivity contribution in [1.82, 2.24) is 9.96 Å². The van der Waals surface area contributed by atoms with Gasteiger partial charge in [-0.3, -0.25) is 19.2 Å². The van der Waals surface area contributed by atoms with Gasteiger partial charge in [0.05, 0.1) is 38.7 Å². The molecule has 4 aliphatic rings. The summed E-state index contributed by atoms with van der Waals surface area (Å²) in [6.07, 6.45) is 4.17. The van der Waals surface area contributed by atoms with E-state index in [9.17, 15) is 19.2 Å². The summed E-state index contributed by atoms with van der Waals surface area (Å²) in [5, 5.41) is 0.821. The number of carbonyl (C=O) groups excluding carboxylic acids is 4. The fourth-order valence-corrected chi connectivity index (χ4v) is 6.86. The Bertz CT molecular complexity index is 1070. The van der Waals surface area contributed by atoms with Crippen LogP contribution in [0.2, 0.25) is 0 Å². The van der Waals surface area contributed by atoms with Gasteiger partial charge in [-0.15, -0.1) is 0 Å². The lowest BCUT2D eigenvalue weighted by Crippen LogP contribution is -2.56. The van der Waals surface area contributed by atoms with Gasteiger partial charge in [0.25, 0.3) is 11.8 Å². The van der Waals surface area contributed by atoms with Crippen LogP contribution in [0, 0.1) is 5.41 Å². The molecule has 10 nitrogen and oxygen atoms in total. The van der Waals surface area contributed by atoms with Crippen molar-refractivity contribution in [3.8, 4) is 0 Å². The molecule has 10 heteroatoms. The number of amides is 3. The maximum Gasteiger partial charge on any atom is 0.409 e. The normalized spacial score (nSPS) is 28.4. The van der Waals surface area contributed by atoms with Crippen molar-refractivity contribution < 1.29 is 38.0 Å². The summed E-state index contributed by atoms with van der Waals surface area (Å²) < 4.78 is 12.7. The van der Waals surface area contributed by atoms with Gasteiger partial charge in [0.15, 0.2) is 0 Å². The second kappa shape index (κ2) is 10.3. The van der Waals surface area contributed by atoms with E-state index in [4.69, 9.17) is 14.3 Å². The van der Waals surface area contributed by atoms with Gasteiger partial charge < -0.3 is 18.9 Å². The van der Waals surface area contributed by atoms with Gasteiger partial charge in [-0.05, 0) is 18.4 Å². The number of piperidine rings is 2. The van der Waals surface area contributed by atoms with Crippen LogP contribution < -0.4 is 0 Å². The molecule has 1 aromatic carbocycles. The van der Waals surface area contributed by atoms with E-state index in [1.165, 1.54) is 12.0 Å². The molecule has 1 spiro atoms. The number of benzene rings is 1. The average molecular weight is 529 g/mol. The van der Waals surface area contributed by atoms with Crippen LogP contribution in [0.4, 0.5) is 4.79 Å². The fourth-order valence-electron chi connectivity index (χ4n) is 6.86. The number of hydroxylamine groups is 2. The second-order valence-electron chi connectivity index (χ2n) is 11.7. The third-order valence-electron chi connectivity index (χ3n) is 9.44. The first-order chi connectivity index (χ1) is 18.1. The molecule has 38 heavy (non-hydrogen) atoms. The first kappa shape index (κ1) is 26.6. The van der Waals surface area contributed by atoms with E-state index in [1.807, 2.05) is 30.3 Å². The highest BCUT2D eigenvalue weighted by atomic mass is 16.7. The van der Waals surface area contributed by atoms with Gasteiger partial charge in [-0.25, -0.2) is 4.79 Å². The van der Waals surface area contributed by atoms with E-state index >= 15 is 0 Å². The molecule has 0 aliphatic carbocycles. The van der Waals surface area contributed by atoms with Gasteiger partial charge in [0.1, 0.15) is 18.6 Å². The highest BCUT2D eigenvalue weighted by Crippen LogP contribution is 2.43. The predicted molar refractivity (Wildman–Crippen MR) is 135 cm³/mol. The largest absolute Gasteiger partial charge is 0.461 e. The molecule has 4 heterocycles. The molecule has 4 atom stereocenters. The highest BCUT2D eigenvalue weighted by Gasteiger charge is 2.54. The topological polar surface area (TPSA) is 102 Å². The smallest absolute Gasteiger partial charge is 0.409 e. The first-order valence-electron chi connectivity index (χ1n) is 13.6. The van der Waals surface area contributed by atoms with Crippen molar-refractivity contribution in [2.24, 2.45) is 5.41 Å². The Morgan fingerprint density at radius 3 is 2.26 bits per heavy atom.